The molecule has 0 saturated heterocycles. The van der Waals surface area contributed by atoms with Crippen molar-refractivity contribution in [2.45, 2.75) is 206 Å². The summed E-state index contributed by atoms with van der Waals surface area (Å²) in [4.78, 5) is 18.1. The maximum absolute atomic E-state index is 2.51. The van der Waals surface area contributed by atoms with E-state index in [-0.39, 0.29) is 0 Å². The minimum atomic E-state index is -1.90. The van der Waals surface area contributed by atoms with Gasteiger partial charge >= 0.3 is 135 Å². The van der Waals surface area contributed by atoms with Crippen LogP contribution >= 0.6 is 22.7 Å². The molecule has 0 fully saturated rings. The summed E-state index contributed by atoms with van der Waals surface area (Å²) in [5.41, 5.74) is 1.49. The Kier molecular flexibility index (Phi) is 29.4. The van der Waals surface area contributed by atoms with E-state index in [1.807, 2.05) is 0 Å². The third-order valence-corrected chi connectivity index (χ3v) is 30.1. The summed E-state index contributed by atoms with van der Waals surface area (Å²) in [6.45, 7) is 11.4. The summed E-state index contributed by atoms with van der Waals surface area (Å²) in [5.74, 6) is 0. The Balaban J connectivity index is 0.000000670. The van der Waals surface area contributed by atoms with Gasteiger partial charge in [-0.1, -0.05) is 169 Å². The van der Waals surface area contributed by atoms with E-state index in [4.69, 9.17) is 0 Å². The minimum absolute atomic E-state index is 1.37. The average Bonchev–Trinajstić information content (AvgIpc) is 3.64. The molecule has 0 amide bonds. The van der Waals surface area contributed by atoms with Crippen LogP contribution in [0.2, 0.25) is 29.6 Å². The van der Waals surface area contributed by atoms with Crippen LogP contribution in [0.15, 0.2) is 18.2 Å². The Morgan fingerprint density at radius 2 is 0.733 bits per heavy atom. The van der Waals surface area contributed by atoms with Gasteiger partial charge in [0.15, 0.2) is 0 Å². The van der Waals surface area contributed by atoms with Gasteiger partial charge in [0.05, 0.1) is 0 Å². The molecular weight excluding hydrogens is 794 g/mol. The fourth-order valence-electron chi connectivity index (χ4n) is 5.43. The zero-order chi connectivity index (χ0) is 34.0. The molecule has 2 aromatic rings. The monoisotopic (exact) mass is 876 g/mol. The first-order valence-electron chi connectivity index (χ1n) is 19.6. The molecule has 45 heavy (non-hydrogen) atoms. The Bertz CT molecular complexity index is 891. The van der Waals surface area contributed by atoms with E-state index in [1.165, 1.54) is 157 Å². The quantitative estimate of drug-likeness (QED) is 0.0771. The molecule has 0 aliphatic carbocycles. The molecule has 0 aliphatic heterocycles. The fraction of sp³-hybridized carbons (Fsp3) is 0.805. The van der Waals surface area contributed by atoms with Crippen LogP contribution in [0.4, 0.5) is 0 Å². The van der Waals surface area contributed by atoms with E-state index in [9.17, 15) is 0 Å². The van der Waals surface area contributed by atoms with Gasteiger partial charge in [0.25, 0.3) is 0 Å². The summed E-state index contributed by atoms with van der Waals surface area (Å²) >= 11 is 0.342. The third kappa shape index (κ3) is 24.7. The Morgan fingerprint density at radius 3 is 0.978 bits per heavy atom. The number of unbranched alkanes of at least 4 members (excludes halogenated alkanes) is 20. The third-order valence-electron chi connectivity index (χ3n) is 8.64. The molecule has 264 valence electrons. The van der Waals surface area contributed by atoms with Crippen molar-refractivity contribution >= 4 is 65.2 Å². The van der Waals surface area contributed by atoms with E-state index in [2.05, 4.69) is 105 Å². The van der Waals surface area contributed by atoms with E-state index in [1.54, 1.807) is 5.79 Å². The fourth-order valence-corrected chi connectivity index (χ4v) is 18.5. The van der Waals surface area contributed by atoms with Crippen molar-refractivity contribution in [1.29, 1.82) is 0 Å². The summed E-state index contributed by atoms with van der Waals surface area (Å²) in [6.07, 6.45) is 31.9. The topological polar surface area (TPSA) is 0 Å². The number of hydrogen-bond donors (Lipinski definition) is 0. The summed E-state index contributed by atoms with van der Waals surface area (Å²) in [6, 6.07) is 7.23. The van der Waals surface area contributed by atoms with Crippen molar-refractivity contribution in [1.82, 2.24) is 0 Å². The molecule has 4 heteroatoms. The van der Waals surface area contributed by atoms with Crippen LogP contribution in [0.1, 0.15) is 175 Å². The molecule has 0 bridgehead atoms. The molecule has 0 radical (unpaired) electrons. The van der Waals surface area contributed by atoms with Crippen molar-refractivity contribution < 1.29 is 0 Å². The molecule has 0 nitrogen and oxygen atoms in total. The molecule has 2 heterocycles. The van der Waals surface area contributed by atoms with Crippen LogP contribution in [-0.2, 0) is 0 Å². The van der Waals surface area contributed by atoms with E-state index in [0.29, 0.717) is 0 Å². The Hall–Kier alpha value is 0.997. The molecule has 0 unspecified atom stereocenters. The SMILES string of the molecule is CCCCCCCCCCCC.CCCCCCCCCCCCCC.Cc1c[c]([Sn]([CH3])([CH3])[CH3])sc1-c1cc[c]([Sn]([CH3])([CH3])[CH3])s1. The van der Waals surface area contributed by atoms with Gasteiger partial charge < -0.3 is 0 Å². The molecule has 0 atom stereocenters. The first-order chi connectivity index (χ1) is 21.4. The van der Waals surface area contributed by atoms with Gasteiger partial charge in [0.1, 0.15) is 0 Å². The normalized spacial score (nSPS) is 11.6. The van der Waals surface area contributed by atoms with Crippen molar-refractivity contribution in [2.24, 2.45) is 0 Å². The summed E-state index contributed by atoms with van der Waals surface area (Å²) in [5, 5.41) is 0. The van der Waals surface area contributed by atoms with E-state index < -0.39 is 36.8 Å². The average molecular weight is 875 g/mol. The summed E-state index contributed by atoms with van der Waals surface area (Å²) in [7, 11) is 0. The second-order valence-electron chi connectivity index (χ2n) is 15.7. The molecule has 0 aliphatic rings. The number of rotatable bonds is 23. The second-order valence-corrected chi connectivity index (χ2v) is 48.6. The van der Waals surface area contributed by atoms with Crippen LogP contribution in [0.25, 0.3) is 9.75 Å². The van der Waals surface area contributed by atoms with Crippen LogP contribution < -0.4 is 5.79 Å². The van der Waals surface area contributed by atoms with E-state index >= 15 is 0 Å². The number of thiophene rings is 2. The summed E-state index contributed by atoms with van der Waals surface area (Å²) < 4.78 is 3.40. The predicted molar refractivity (Wildman–Crippen MR) is 223 cm³/mol. The van der Waals surface area contributed by atoms with Gasteiger partial charge in [-0.3, -0.25) is 0 Å². The number of aryl methyl sites for hydroxylation is 1. The Morgan fingerprint density at radius 1 is 0.422 bits per heavy atom. The van der Waals surface area contributed by atoms with Gasteiger partial charge in [-0.25, -0.2) is 0 Å². The number of hydrogen-bond acceptors (Lipinski definition) is 2. The van der Waals surface area contributed by atoms with Gasteiger partial charge in [-0.2, -0.15) is 0 Å². The van der Waals surface area contributed by atoms with Crippen molar-refractivity contribution in [2.75, 3.05) is 0 Å². The molecule has 0 N–H and O–H groups in total. The van der Waals surface area contributed by atoms with Crippen LogP contribution in [-0.4, -0.2) is 36.8 Å². The van der Waals surface area contributed by atoms with Gasteiger partial charge in [0, 0.05) is 0 Å². The van der Waals surface area contributed by atoms with Crippen LogP contribution in [0, 0.1) is 6.92 Å². The van der Waals surface area contributed by atoms with Crippen LogP contribution in [0.3, 0.4) is 0 Å². The van der Waals surface area contributed by atoms with Crippen LogP contribution in [0.5, 0.6) is 0 Å². The molecule has 0 aromatic carbocycles. The van der Waals surface area contributed by atoms with Crippen molar-refractivity contribution in [3.63, 3.8) is 0 Å². The van der Waals surface area contributed by atoms with Gasteiger partial charge in [-0.15, -0.1) is 0 Å². The van der Waals surface area contributed by atoms with Crippen molar-refractivity contribution in [3.05, 3.63) is 23.8 Å². The second kappa shape index (κ2) is 28.8. The predicted octanol–water partition coefficient (Wildman–Crippen LogP) is 15.5. The van der Waals surface area contributed by atoms with Gasteiger partial charge in [-0.05, 0) is 0 Å². The molecule has 0 spiro atoms. The maximum atomic E-state index is 2.51. The van der Waals surface area contributed by atoms with E-state index in [0.717, 1.165) is 0 Å². The first kappa shape index (κ1) is 46.0. The molecular formula is C41H80S2Sn2. The zero-order valence-corrected chi connectivity index (χ0v) is 39.9. The van der Waals surface area contributed by atoms with Gasteiger partial charge in [0.2, 0.25) is 0 Å². The Labute approximate surface area is 301 Å². The zero-order valence-electron chi connectivity index (χ0n) is 32.6. The molecule has 0 saturated carbocycles. The molecule has 2 rings (SSSR count). The molecule has 2 aromatic heterocycles. The standard InChI is InChI=1S/C14H30.C12H26.C9H6S2.6CH3.2Sn/c1-3-5-7-9-11-13-14-12-10-8-6-4-2;1-3-5-7-9-11-12-10-8-6-4-2;1-7-4-6-11-9(7)8-3-2-5-10-8;;;;;;;;/h3-14H2,1-2H3;3-12H2,1-2H3;2-4H,1H3;6*1H3;;. The first-order valence-corrected chi connectivity index (χ1v) is 41.2. The van der Waals surface area contributed by atoms with Crippen molar-refractivity contribution in [3.8, 4) is 9.75 Å².